The van der Waals surface area contributed by atoms with Crippen LogP contribution in [0.3, 0.4) is 0 Å². The summed E-state index contributed by atoms with van der Waals surface area (Å²) in [6.07, 6.45) is -0.561. The lowest BCUT2D eigenvalue weighted by Gasteiger charge is -2.24. The van der Waals surface area contributed by atoms with Crippen LogP contribution in [-0.4, -0.2) is 59.4 Å². The number of carboxylic acid groups (broad SMARTS) is 1. The van der Waals surface area contributed by atoms with Crippen molar-refractivity contribution in [3.8, 4) is 0 Å². The highest BCUT2D eigenvalue weighted by Crippen LogP contribution is 2.06. The number of alkyl carbamates (subject to hydrolysis) is 1. The molecule has 0 aliphatic carbocycles. The molecule has 0 radical (unpaired) electrons. The fourth-order valence-corrected chi connectivity index (χ4v) is 1.38. The third kappa shape index (κ3) is 8.33. The summed E-state index contributed by atoms with van der Waals surface area (Å²) in [5, 5.41) is 14.0. The molecule has 0 aliphatic heterocycles. The van der Waals surface area contributed by atoms with Gasteiger partial charge in [0.2, 0.25) is 0 Å². The van der Waals surface area contributed by atoms with Gasteiger partial charge >= 0.3 is 18.1 Å². The molecule has 0 aromatic rings. The zero-order chi connectivity index (χ0) is 17.5. The van der Waals surface area contributed by atoms with Gasteiger partial charge in [0, 0.05) is 19.6 Å². The molecule has 128 valence electrons. The van der Waals surface area contributed by atoms with E-state index < -0.39 is 29.7 Å². The van der Waals surface area contributed by atoms with E-state index in [-0.39, 0.29) is 19.0 Å². The van der Waals surface area contributed by atoms with Crippen LogP contribution in [0.5, 0.6) is 0 Å². The molecule has 0 aromatic heterocycles. The zero-order valence-corrected chi connectivity index (χ0v) is 14.1. The number of nitrogens with one attached hydrogen (secondary N) is 2. The zero-order valence-electron chi connectivity index (χ0n) is 14.1. The lowest BCUT2D eigenvalue weighted by molar-refractivity contribution is -0.139. The number of hydrogen-bond donors (Lipinski definition) is 3. The Morgan fingerprint density at radius 3 is 2.18 bits per heavy atom. The Balaban J connectivity index is 4.35. The molecule has 0 spiro atoms. The molecule has 0 heterocycles. The van der Waals surface area contributed by atoms with Gasteiger partial charge in [-0.1, -0.05) is 0 Å². The number of aliphatic carboxylic acids is 1. The van der Waals surface area contributed by atoms with E-state index in [0.29, 0.717) is 0 Å². The van der Waals surface area contributed by atoms with Crippen LogP contribution in [0.15, 0.2) is 0 Å². The van der Waals surface area contributed by atoms with E-state index in [1.807, 2.05) is 13.8 Å². The summed E-state index contributed by atoms with van der Waals surface area (Å²) in [6, 6.07) is -1.60. The van der Waals surface area contributed by atoms with Crippen molar-refractivity contribution < 1.29 is 24.2 Å². The Labute approximate surface area is 131 Å². The van der Waals surface area contributed by atoms with Gasteiger partial charge < -0.3 is 25.4 Å². The fourth-order valence-electron chi connectivity index (χ4n) is 1.38. The number of urea groups is 1. The average Bonchev–Trinajstić information content (AvgIpc) is 2.33. The molecule has 0 rings (SSSR count). The summed E-state index contributed by atoms with van der Waals surface area (Å²) in [5.74, 6) is -1.16. The Hall–Kier alpha value is -1.99. The van der Waals surface area contributed by atoms with Gasteiger partial charge in [-0.3, -0.25) is 0 Å². The molecule has 1 atom stereocenters. The van der Waals surface area contributed by atoms with E-state index in [1.165, 1.54) is 4.90 Å². The molecule has 1 unspecified atom stereocenters. The molecule has 0 bridgehead atoms. The molecule has 0 aromatic carbocycles. The average molecular weight is 317 g/mol. The van der Waals surface area contributed by atoms with Gasteiger partial charge in [-0.2, -0.15) is 0 Å². The van der Waals surface area contributed by atoms with Crippen molar-refractivity contribution in [3.05, 3.63) is 0 Å². The van der Waals surface area contributed by atoms with Crippen molar-refractivity contribution in [2.24, 2.45) is 0 Å². The number of rotatable bonds is 6. The maximum Gasteiger partial charge on any atom is 0.407 e. The lowest BCUT2D eigenvalue weighted by Crippen LogP contribution is -2.49. The van der Waals surface area contributed by atoms with Gasteiger partial charge in [0.15, 0.2) is 0 Å². The van der Waals surface area contributed by atoms with Crippen molar-refractivity contribution >= 4 is 18.1 Å². The third-order valence-corrected chi connectivity index (χ3v) is 2.79. The molecule has 0 fully saturated rings. The maximum atomic E-state index is 11.8. The molecule has 3 N–H and O–H groups in total. The van der Waals surface area contributed by atoms with Crippen molar-refractivity contribution in [2.45, 2.75) is 58.7 Å². The first-order chi connectivity index (χ1) is 9.94. The predicted octanol–water partition coefficient (Wildman–Crippen LogP) is 1.40. The minimum absolute atomic E-state index is 0.0469. The van der Waals surface area contributed by atoms with Gasteiger partial charge in [0.25, 0.3) is 0 Å². The Bertz CT molecular complexity index is 404. The third-order valence-electron chi connectivity index (χ3n) is 2.79. The first-order valence-electron chi connectivity index (χ1n) is 7.17. The van der Waals surface area contributed by atoms with E-state index in [1.54, 1.807) is 27.8 Å². The number of hydrogen-bond acceptors (Lipinski definition) is 4. The molecule has 8 heteroatoms. The van der Waals surface area contributed by atoms with E-state index in [0.717, 1.165) is 0 Å². The SMILES string of the molecule is CC(C)N(C)C(=O)NC(CCNC(=O)OC(C)(C)C)C(=O)O. The highest BCUT2D eigenvalue weighted by molar-refractivity contribution is 5.82. The van der Waals surface area contributed by atoms with Crippen LogP contribution in [0.1, 0.15) is 41.0 Å². The van der Waals surface area contributed by atoms with Crippen LogP contribution in [0.2, 0.25) is 0 Å². The summed E-state index contributed by atoms with van der Waals surface area (Å²) in [7, 11) is 1.58. The Kier molecular flexibility index (Phi) is 7.69. The standard InChI is InChI=1S/C14H27N3O5/c1-9(2)17(6)12(20)16-10(11(18)19)7-8-15-13(21)22-14(3,4)5/h9-10H,7-8H2,1-6H3,(H,15,21)(H,16,20)(H,18,19). The molecule has 0 saturated heterocycles. The second-order valence-electron chi connectivity index (χ2n) is 6.26. The van der Waals surface area contributed by atoms with Gasteiger partial charge in [0.05, 0.1) is 0 Å². The summed E-state index contributed by atoms with van der Waals surface area (Å²) < 4.78 is 5.04. The number of carbonyl (C=O) groups excluding carboxylic acids is 2. The lowest BCUT2D eigenvalue weighted by atomic mass is 10.2. The Morgan fingerprint density at radius 1 is 1.23 bits per heavy atom. The number of nitrogens with zero attached hydrogens (tertiary/aromatic N) is 1. The van der Waals surface area contributed by atoms with Gasteiger partial charge in [-0.05, 0) is 41.0 Å². The quantitative estimate of drug-likeness (QED) is 0.686. The molecule has 8 nitrogen and oxygen atoms in total. The van der Waals surface area contributed by atoms with Crippen LogP contribution in [0.4, 0.5) is 9.59 Å². The fraction of sp³-hybridized carbons (Fsp3) is 0.786. The monoisotopic (exact) mass is 317 g/mol. The predicted molar refractivity (Wildman–Crippen MR) is 81.7 cm³/mol. The van der Waals surface area contributed by atoms with E-state index in [4.69, 9.17) is 9.84 Å². The van der Waals surface area contributed by atoms with Crippen LogP contribution in [0.25, 0.3) is 0 Å². The van der Waals surface area contributed by atoms with Crippen molar-refractivity contribution in [1.29, 1.82) is 0 Å². The topological polar surface area (TPSA) is 108 Å². The second kappa shape index (κ2) is 8.45. The number of amides is 3. The summed E-state index contributed by atoms with van der Waals surface area (Å²) in [5.41, 5.74) is -0.621. The van der Waals surface area contributed by atoms with Crippen LogP contribution < -0.4 is 10.6 Å². The van der Waals surface area contributed by atoms with E-state index in [9.17, 15) is 14.4 Å². The molecule has 22 heavy (non-hydrogen) atoms. The van der Waals surface area contributed by atoms with Crippen LogP contribution in [0, 0.1) is 0 Å². The summed E-state index contributed by atoms with van der Waals surface area (Å²) in [6.45, 7) is 8.91. The van der Waals surface area contributed by atoms with Crippen molar-refractivity contribution in [1.82, 2.24) is 15.5 Å². The van der Waals surface area contributed by atoms with E-state index >= 15 is 0 Å². The van der Waals surface area contributed by atoms with Gasteiger partial charge in [0.1, 0.15) is 11.6 Å². The first-order valence-corrected chi connectivity index (χ1v) is 7.17. The van der Waals surface area contributed by atoms with Crippen LogP contribution >= 0.6 is 0 Å². The summed E-state index contributed by atoms with van der Waals surface area (Å²) in [4.78, 5) is 35.8. The minimum atomic E-state index is -1.16. The molecule has 3 amide bonds. The van der Waals surface area contributed by atoms with Gasteiger partial charge in [-0.25, -0.2) is 14.4 Å². The number of ether oxygens (including phenoxy) is 1. The number of carbonyl (C=O) groups is 3. The normalized spacial score (nSPS) is 12.5. The molecular formula is C14H27N3O5. The smallest absolute Gasteiger partial charge is 0.407 e. The maximum absolute atomic E-state index is 11.8. The molecular weight excluding hydrogens is 290 g/mol. The van der Waals surface area contributed by atoms with E-state index in [2.05, 4.69) is 10.6 Å². The Morgan fingerprint density at radius 2 is 1.77 bits per heavy atom. The highest BCUT2D eigenvalue weighted by Gasteiger charge is 2.23. The van der Waals surface area contributed by atoms with Crippen molar-refractivity contribution in [2.75, 3.05) is 13.6 Å². The highest BCUT2D eigenvalue weighted by atomic mass is 16.6. The largest absolute Gasteiger partial charge is 0.480 e. The molecule has 0 saturated carbocycles. The van der Waals surface area contributed by atoms with Crippen LogP contribution in [-0.2, 0) is 9.53 Å². The molecule has 0 aliphatic rings. The first kappa shape index (κ1) is 20.0. The minimum Gasteiger partial charge on any atom is -0.480 e. The summed E-state index contributed by atoms with van der Waals surface area (Å²) >= 11 is 0. The van der Waals surface area contributed by atoms with Gasteiger partial charge in [-0.15, -0.1) is 0 Å². The number of carboxylic acids is 1. The second-order valence-corrected chi connectivity index (χ2v) is 6.26. The van der Waals surface area contributed by atoms with Crippen molar-refractivity contribution in [3.63, 3.8) is 0 Å².